The molecule has 7 heteroatoms. The van der Waals surface area contributed by atoms with Gasteiger partial charge in [-0.25, -0.2) is 0 Å². The van der Waals surface area contributed by atoms with Crippen molar-refractivity contribution in [2.75, 3.05) is 31.1 Å². The Hall–Kier alpha value is -2.86. The van der Waals surface area contributed by atoms with Crippen LogP contribution in [0.1, 0.15) is 23.1 Å². The van der Waals surface area contributed by atoms with Crippen LogP contribution in [-0.4, -0.2) is 41.3 Å². The highest BCUT2D eigenvalue weighted by atomic mass is 35.5. The molecule has 0 N–H and O–H groups in total. The van der Waals surface area contributed by atoms with Crippen molar-refractivity contribution < 1.29 is 4.42 Å². The van der Waals surface area contributed by atoms with Gasteiger partial charge in [0.25, 0.3) is 0 Å². The molecule has 0 bridgehead atoms. The summed E-state index contributed by atoms with van der Waals surface area (Å²) in [6.07, 6.45) is 0. The van der Waals surface area contributed by atoms with E-state index in [-0.39, 0.29) is 6.04 Å². The van der Waals surface area contributed by atoms with E-state index in [2.05, 4.69) is 39.1 Å². The highest BCUT2D eigenvalue weighted by Gasteiger charge is 2.31. The minimum absolute atomic E-state index is 0.170. The Morgan fingerprint density at radius 3 is 2.33 bits per heavy atom. The summed E-state index contributed by atoms with van der Waals surface area (Å²) in [5, 5.41) is 10.2. The van der Waals surface area contributed by atoms with Crippen molar-refractivity contribution in [3.05, 3.63) is 99.9 Å². The second-order valence-electron chi connectivity index (χ2n) is 8.22. The van der Waals surface area contributed by atoms with Gasteiger partial charge in [-0.1, -0.05) is 59.6 Å². The molecule has 1 saturated heterocycles. The lowest BCUT2D eigenvalue weighted by molar-refractivity contribution is 0.188. The average molecular weight is 479 g/mol. The van der Waals surface area contributed by atoms with Gasteiger partial charge in [0.1, 0.15) is 6.04 Å². The van der Waals surface area contributed by atoms with Crippen LogP contribution in [0.4, 0.5) is 5.69 Å². The van der Waals surface area contributed by atoms with Crippen molar-refractivity contribution in [1.29, 1.82) is 0 Å². The Bertz CT molecular complexity index is 1240. The molecule has 1 aromatic heterocycles. The molecule has 5 rings (SSSR count). The van der Waals surface area contributed by atoms with Gasteiger partial charge in [0.15, 0.2) is 0 Å². The van der Waals surface area contributed by atoms with Crippen molar-refractivity contribution in [3.8, 4) is 11.5 Å². The lowest BCUT2D eigenvalue weighted by Crippen LogP contribution is -2.48. The Balaban J connectivity index is 1.43. The summed E-state index contributed by atoms with van der Waals surface area (Å²) in [7, 11) is 0. The van der Waals surface area contributed by atoms with Crippen LogP contribution >= 0.6 is 23.2 Å². The molecular formula is C26H24Cl2N4O. The summed E-state index contributed by atoms with van der Waals surface area (Å²) in [6, 6.07) is 23.6. The van der Waals surface area contributed by atoms with Gasteiger partial charge in [-0.05, 0) is 54.4 Å². The number of halogens is 2. The zero-order valence-corrected chi connectivity index (χ0v) is 19.8. The van der Waals surface area contributed by atoms with Crippen molar-refractivity contribution in [3.63, 3.8) is 0 Å². The molecule has 5 nitrogen and oxygen atoms in total. The fraction of sp³-hybridized carbons (Fsp3) is 0.231. The molecule has 3 aromatic carbocycles. The molecule has 2 heterocycles. The first-order valence-corrected chi connectivity index (χ1v) is 11.7. The molecule has 1 atom stereocenters. The molecule has 0 spiro atoms. The molecule has 1 aliphatic rings. The first kappa shape index (κ1) is 22.0. The Labute approximate surface area is 203 Å². The van der Waals surface area contributed by atoms with Crippen LogP contribution in [0, 0.1) is 6.92 Å². The van der Waals surface area contributed by atoms with Gasteiger partial charge in [-0.15, -0.1) is 10.2 Å². The van der Waals surface area contributed by atoms with Gasteiger partial charge < -0.3 is 9.32 Å². The second kappa shape index (κ2) is 9.56. The summed E-state index contributed by atoms with van der Waals surface area (Å²) in [5.74, 6) is 1.09. The van der Waals surface area contributed by atoms with Crippen LogP contribution in [0.15, 0.2) is 77.2 Å². The van der Waals surface area contributed by atoms with E-state index in [1.807, 2.05) is 60.7 Å². The topological polar surface area (TPSA) is 45.4 Å². The van der Waals surface area contributed by atoms with Crippen molar-refractivity contribution in [2.45, 2.75) is 13.0 Å². The SMILES string of the molecule is Cc1ccc(Cl)cc1N1CCN([C@@H](c2cccc(Cl)c2)c2nnc(-c3ccccc3)o2)CC1. The first-order valence-electron chi connectivity index (χ1n) is 11.0. The van der Waals surface area contributed by atoms with Gasteiger partial charge in [0, 0.05) is 47.5 Å². The van der Waals surface area contributed by atoms with Crippen LogP contribution < -0.4 is 4.90 Å². The van der Waals surface area contributed by atoms with E-state index in [1.54, 1.807) is 0 Å². The minimum Gasteiger partial charge on any atom is -0.419 e. The zero-order chi connectivity index (χ0) is 22.8. The molecule has 33 heavy (non-hydrogen) atoms. The van der Waals surface area contributed by atoms with Crippen LogP contribution in [0.25, 0.3) is 11.5 Å². The summed E-state index contributed by atoms with van der Waals surface area (Å²) >= 11 is 12.6. The number of anilines is 1. The van der Waals surface area contributed by atoms with E-state index in [0.29, 0.717) is 16.8 Å². The standard InChI is InChI=1S/C26H24Cl2N4O/c1-18-10-11-22(28)17-23(18)31-12-14-32(15-13-31)24(20-8-5-9-21(27)16-20)26-30-29-25(33-26)19-6-3-2-4-7-19/h2-11,16-17,24H,12-15H2,1H3/t24-/m0/s1. The Kier molecular flexibility index (Phi) is 6.36. The number of nitrogens with zero attached hydrogens (tertiary/aromatic N) is 4. The molecule has 4 aromatic rings. The third-order valence-electron chi connectivity index (χ3n) is 6.05. The monoisotopic (exact) mass is 478 g/mol. The van der Waals surface area contributed by atoms with Crippen molar-refractivity contribution in [1.82, 2.24) is 15.1 Å². The van der Waals surface area contributed by atoms with Crippen LogP contribution in [0.2, 0.25) is 10.0 Å². The largest absolute Gasteiger partial charge is 0.419 e. The van der Waals surface area contributed by atoms with Gasteiger partial charge in [0.05, 0.1) is 0 Å². The third-order valence-corrected chi connectivity index (χ3v) is 6.52. The summed E-state index contributed by atoms with van der Waals surface area (Å²) in [5.41, 5.74) is 4.36. The van der Waals surface area contributed by atoms with Gasteiger partial charge in [0.2, 0.25) is 11.8 Å². The maximum atomic E-state index is 6.35. The molecule has 0 saturated carbocycles. The maximum absolute atomic E-state index is 6.35. The number of benzene rings is 3. The number of hydrogen-bond donors (Lipinski definition) is 0. The lowest BCUT2D eigenvalue weighted by atomic mass is 10.0. The van der Waals surface area contributed by atoms with Crippen LogP contribution in [0.3, 0.4) is 0 Å². The molecule has 0 amide bonds. The van der Waals surface area contributed by atoms with E-state index in [0.717, 1.165) is 42.3 Å². The Morgan fingerprint density at radius 1 is 0.818 bits per heavy atom. The second-order valence-corrected chi connectivity index (χ2v) is 9.10. The molecule has 0 unspecified atom stereocenters. The highest BCUT2D eigenvalue weighted by Crippen LogP contribution is 2.33. The number of rotatable bonds is 5. The van der Waals surface area contributed by atoms with E-state index < -0.39 is 0 Å². The number of piperazine rings is 1. The molecule has 1 fully saturated rings. The van der Waals surface area contributed by atoms with Gasteiger partial charge >= 0.3 is 0 Å². The van der Waals surface area contributed by atoms with Gasteiger partial charge in [-0.3, -0.25) is 4.90 Å². The van der Waals surface area contributed by atoms with E-state index in [1.165, 1.54) is 11.3 Å². The predicted octanol–water partition coefficient (Wildman–Crippen LogP) is 6.26. The number of hydrogen-bond acceptors (Lipinski definition) is 5. The van der Waals surface area contributed by atoms with E-state index in [4.69, 9.17) is 27.6 Å². The highest BCUT2D eigenvalue weighted by molar-refractivity contribution is 6.31. The predicted molar refractivity (Wildman–Crippen MR) is 133 cm³/mol. The maximum Gasteiger partial charge on any atom is 0.247 e. The summed E-state index contributed by atoms with van der Waals surface area (Å²) in [4.78, 5) is 4.76. The molecule has 0 radical (unpaired) electrons. The van der Waals surface area contributed by atoms with Crippen molar-refractivity contribution >= 4 is 28.9 Å². The molecular weight excluding hydrogens is 455 g/mol. The van der Waals surface area contributed by atoms with E-state index in [9.17, 15) is 0 Å². The Morgan fingerprint density at radius 2 is 1.58 bits per heavy atom. The smallest absolute Gasteiger partial charge is 0.247 e. The third kappa shape index (κ3) is 4.76. The fourth-order valence-corrected chi connectivity index (χ4v) is 4.74. The van der Waals surface area contributed by atoms with Crippen molar-refractivity contribution in [2.24, 2.45) is 0 Å². The average Bonchev–Trinajstić information content (AvgIpc) is 3.32. The lowest BCUT2D eigenvalue weighted by Gasteiger charge is -2.39. The molecule has 0 aliphatic carbocycles. The molecule has 168 valence electrons. The minimum atomic E-state index is -0.170. The van der Waals surface area contributed by atoms with E-state index >= 15 is 0 Å². The summed E-state index contributed by atoms with van der Waals surface area (Å²) in [6.45, 7) is 5.55. The zero-order valence-electron chi connectivity index (χ0n) is 18.3. The first-order chi connectivity index (χ1) is 16.1. The van der Waals surface area contributed by atoms with Crippen LogP contribution in [-0.2, 0) is 0 Å². The number of aryl methyl sites for hydroxylation is 1. The fourth-order valence-electron chi connectivity index (χ4n) is 4.37. The quantitative estimate of drug-likeness (QED) is 0.338. The summed E-state index contributed by atoms with van der Waals surface area (Å²) < 4.78 is 6.19. The van der Waals surface area contributed by atoms with Crippen LogP contribution in [0.5, 0.6) is 0 Å². The molecule has 1 aliphatic heterocycles. The normalized spacial score (nSPS) is 15.5. The number of aromatic nitrogens is 2. The van der Waals surface area contributed by atoms with Gasteiger partial charge in [-0.2, -0.15) is 0 Å².